The summed E-state index contributed by atoms with van der Waals surface area (Å²) < 4.78 is 28.2. The minimum absolute atomic E-state index is 0.304. The van der Waals surface area contributed by atoms with E-state index in [-0.39, 0.29) is 0 Å². The molecule has 0 amide bonds. The van der Waals surface area contributed by atoms with Crippen molar-refractivity contribution in [3.8, 4) is 22.3 Å². The van der Waals surface area contributed by atoms with E-state index in [1.807, 2.05) is 24.3 Å². The van der Waals surface area contributed by atoms with Crippen LogP contribution in [0.25, 0.3) is 22.3 Å². The van der Waals surface area contributed by atoms with Crippen molar-refractivity contribution in [2.24, 2.45) is 5.92 Å². The Balaban J connectivity index is 1.47. The molecular formula is C28H30F2. The molecule has 1 aliphatic carbocycles. The van der Waals surface area contributed by atoms with Gasteiger partial charge in [0.2, 0.25) is 0 Å². The third kappa shape index (κ3) is 4.33. The summed E-state index contributed by atoms with van der Waals surface area (Å²) in [6.45, 7) is 3.86. The summed E-state index contributed by atoms with van der Waals surface area (Å²) in [5.74, 6) is 0.0708. The van der Waals surface area contributed by atoms with Gasteiger partial charge in [-0.25, -0.2) is 8.78 Å². The van der Waals surface area contributed by atoms with Gasteiger partial charge < -0.3 is 0 Å². The molecule has 0 heterocycles. The maximum Gasteiger partial charge on any atom is 0.166 e. The Kier molecular flexibility index (Phi) is 6.32. The number of hydrogen-bond donors (Lipinski definition) is 0. The third-order valence-corrected chi connectivity index (χ3v) is 6.73. The Morgan fingerprint density at radius 1 is 0.700 bits per heavy atom. The Morgan fingerprint density at radius 3 is 1.87 bits per heavy atom. The molecule has 0 N–H and O–H groups in total. The monoisotopic (exact) mass is 404 g/mol. The fourth-order valence-corrected chi connectivity index (χ4v) is 4.85. The Morgan fingerprint density at radius 2 is 1.27 bits per heavy atom. The second-order valence-electron chi connectivity index (χ2n) is 8.76. The van der Waals surface area contributed by atoms with Crippen LogP contribution in [0.2, 0.25) is 0 Å². The summed E-state index contributed by atoms with van der Waals surface area (Å²) in [6, 6.07) is 19.9. The van der Waals surface area contributed by atoms with Crippen LogP contribution in [-0.4, -0.2) is 0 Å². The predicted octanol–water partition coefficient (Wildman–Crippen LogP) is 8.68. The number of benzene rings is 3. The van der Waals surface area contributed by atoms with E-state index >= 15 is 0 Å². The van der Waals surface area contributed by atoms with Gasteiger partial charge in [0.05, 0.1) is 0 Å². The van der Waals surface area contributed by atoms with Crippen LogP contribution in [0.5, 0.6) is 0 Å². The smallest absolute Gasteiger partial charge is 0.166 e. The van der Waals surface area contributed by atoms with Crippen molar-refractivity contribution in [3.63, 3.8) is 0 Å². The van der Waals surface area contributed by atoms with Gasteiger partial charge in [0.1, 0.15) is 0 Å². The topological polar surface area (TPSA) is 0 Å². The summed E-state index contributed by atoms with van der Waals surface area (Å²) in [5, 5.41) is 0. The lowest BCUT2D eigenvalue weighted by Crippen LogP contribution is -2.13. The molecule has 2 heteroatoms. The van der Waals surface area contributed by atoms with Gasteiger partial charge in [-0.15, -0.1) is 0 Å². The van der Waals surface area contributed by atoms with Crippen molar-refractivity contribution in [2.75, 3.05) is 0 Å². The molecular weight excluding hydrogens is 374 g/mol. The van der Waals surface area contributed by atoms with Gasteiger partial charge in [-0.05, 0) is 72.3 Å². The normalized spacial score (nSPS) is 19.1. The predicted molar refractivity (Wildman–Crippen MR) is 122 cm³/mol. The van der Waals surface area contributed by atoms with E-state index in [0.29, 0.717) is 22.6 Å². The Labute approximate surface area is 179 Å². The van der Waals surface area contributed by atoms with Crippen molar-refractivity contribution < 1.29 is 8.78 Å². The van der Waals surface area contributed by atoms with Crippen LogP contribution in [-0.2, 0) is 0 Å². The van der Waals surface area contributed by atoms with E-state index in [4.69, 9.17) is 0 Å². The number of aryl methyl sites for hydroxylation is 1. The van der Waals surface area contributed by atoms with Crippen molar-refractivity contribution in [1.82, 2.24) is 0 Å². The number of halogens is 2. The van der Waals surface area contributed by atoms with Crippen LogP contribution < -0.4 is 0 Å². The van der Waals surface area contributed by atoms with Crippen molar-refractivity contribution in [1.29, 1.82) is 0 Å². The second kappa shape index (κ2) is 9.12. The fourth-order valence-electron chi connectivity index (χ4n) is 4.85. The molecule has 0 unspecified atom stereocenters. The zero-order chi connectivity index (χ0) is 21.1. The molecule has 0 aromatic heterocycles. The number of rotatable bonds is 5. The third-order valence-electron chi connectivity index (χ3n) is 6.73. The molecule has 1 saturated carbocycles. The summed E-state index contributed by atoms with van der Waals surface area (Å²) in [5.41, 5.74) is 5.01. The van der Waals surface area contributed by atoms with Crippen LogP contribution in [0.3, 0.4) is 0 Å². The fraction of sp³-hybridized carbons (Fsp3) is 0.357. The quantitative estimate of drug-likeness (QED) is 0.399. The van der Waals surface area contributed by atoms with E-state index in [1.165, 1.54) is 44.1 Å². The summed E-state index contributed by atoms with van der Waals surface area (Å²) in [7, 11) is 0. The average Bonchev–Trinajstić information content (AvgIpc) is 2.79. The molecule has 0 radical (unpaired) electrons. The highest BCUT2D eigenvalue weighted by atomic mass is 19.2. The molecule has 4 rings (SSSR count). The minimum Gasteiger partial charge on any atom is -0.203 e. The van der Waals surface area contributed by atoms with Gasteiger partial charge in [0, 0.05) is 5.56 Å². The maximum atomic E-state index is 14.3. The maximum absolute atomic E-state index is 14.3. The van der Waals surface area contributed by atoms with Gasteiger partial charge in [-0.2, -0.15) is 0 Å². The molecule has 0 aliphatic heterocycles. The standard InChI is InChI=1S/C28H30F2/c1-3-4-20-6-8-21(9-7-20)22-10-12-23(13-11-22)24-14-16-25(17-15-24)26-18-5-19(2)27(29)28(26)30/h5,10-18,20-21H,3-4,6-9H2,1-2H3. The molecule has 1 aliphatic rings. The van der Waals surface area contributed by atoms with Crippen molar-refractivity contribution in [3.05, 3.63) is 83.4 Å². The molecule has 0 bridgehead atoms. The van der Waals surface area contributed by atoms with Crippen LogP contribution >= 0.6 is 0 Å². The van der Waals surface area contributed by atoms with Gasteiger partial charge in [-0.3, -0.25) is 0 Å². The van der Waals surface area contributed by atoms with Crippen LogP contribution in [0, 0.1) is 24.5 Å². The van der Waals surface area contributed by atoms with E-state index < -0.39 is 11.6 Å². The largest absolute Gasteiger partial charge is 0.203 e. The van der Waals surface area contributed by atoms with E-state index in [2.05, 4.69) is 31.2 Å². The SMILES string of the molecule is CCCC1CCC(c2ccc(-c3ccc(-c4ccc(C)c(F)c4F)cc3)cc2)CC1. The molecule has 0 saturated heterocycles. The Hall–Kier alpha value is -2.48. The molecule has 0 spiro atoms. The van der Waals surface area contributed by atoms with Gasteiger partial charge in [-0.1, -0.05) is 80.4 Å². The highest BCUT2D eigenvalue weighted by molar-refractivity contribution is 5.71. The van der Waals surface area contributed by atoms with Crippen LogP contribution in [0.15, 0.2) is 60.7 Å². The van der Waals surface area contributed by atoms with Gasteiger partial charge >= 0.3 is 0 Å². The zero-order valence-electron chi connectivity index (χ0n) is 17.9. The van der Waals surface area contributed by atoms with Crippen LogP contribution in [0.4, 0.5) is 8.78 Å². The highest BCUT2D eigenvalue weighted by Gasteiger charge is 2.21. The first-order valence-electron chi connectivity index (χ1n) is 11.2. The average molecular weight is 405 g/mol. The Bertz CT molecular complexity index is 978. The van der Waals surface area contributed by atoms with Crippen LogP contribution in [0.1, 0.15) is 62.5 Å². The molecule has 156 valence electrons. The summed E-state index contributed by atoms with van der Waals surface area (Å²) in [4.78, 5) is 0. The second-order valence-corrected chi connectivity index (χ2v) is 8.76. The summed E-state index contributed by atoms with van der Waals surface area (Å²) >= 11 is 0. The molecule has 1 fully saturated rings. The van der Waals surface area contributed by atoms with Gasteiger partial charge in [0.15, 0.2) is 11.6 Å². The van der Waals surface area contributed by atoms with E-state index in [0.717, 1.165) is 17.0 Å². The number of hydrogen-bond acceptors (Lipinski definition) is 0. The molecule has 0 atom stereocenters. The highest BCUT2D eigenvalue weighted by Crippen LogP contribution is 2.38. The zero-order valence-corrected chi connectivity index (χ0v) is 17.9. The molecule has 0 nitrogen and oxygen atoms in total. The van der Waals surface area contributed by atoms with E-state index in [1.54, 1.807) is 19.1 Å². The van der Waals surface area contributed by atoms with E-state index in [9.17, 15) is 8.78 Å². The molecule has 3 aromatic rings. The first-order chi connectivity index (χ1) is 14.6. The minimum atomic E-state index is -0.777. The first-order valence-corrected chi connectivity index (χ1v) is 11.2. The molecule has 30 heavy (non-hydrogen) atoms. The summed E-state index contributed by atoms with van der Waals surface area (Å²) in [6.07, 6.45) is 8.00. The lowest BCUT2D eigenvalue weighted by Gasteiger charge is -2.28. The lowest BCUT2D eigenvalue weighted by molar-refractivity contribution is 0.308. The van der Waals surface area contributed by atoms with Gasteiger partial charge in [0.25, 0.3) is 0 Å². The van der Waals surface area contributed by atoms with Crippen molar-refractivity contribution >= 4 is 0 Å². The first kappa shape index (κ1) is 20.8. The van der Waals surface area contributed by atoms with Crippen molar-refractivity contribution in [2.45, 2.75) is 58.3 Å². The lowest BCUT2D eigenvalue weighted by atomic mass is 9.77. The molecule has 3 aromatic carbocycles.